The summed E-state index contributed by atoms with van der Waals surface area (Å²) in [6.45, 7) is 4.30. The topological polar surface area (TPSA) is 125 Å². The summed E-state index contributed by atoms with van der Waals surface area (Å²) in [7, 11) is 1.29. The summed E-state index contributed by atoms with van der Waals surface area (Å²) in [4.78, 5) is 23.6. The number of hydrogen-bond donors (Lipinski definition) is 2. The van der Waals surface area contributed by atoms with Crippen LogP contribution in [0.4, 0.5) is 10.2 Å². The molecule has 2 aromatic rings. The molecular formula is C17H22FN5O4. The van der Waals surface area contributed by atoms with Crippen molar-refractivity contribution in [2.45, 2.75) is 39.0 Å². The zero-order valence-corrected chi connectivity index (χ0v) is 15.6. The van der Waals surface area contributed by atoms with Gasteiger partial charge in [-0.1, -0.05) is 5.92 Å². The second-order valence-corrected chi connectivity index (χ2v) is 6.99. The maximum Gasteiger partial charge on any atom is 0.312 e. The normalized spacial score (nSPS) is 15.1. The van der Waals surface area contributed by atoms with E-state index in [0.717, 1.165) is 0 Å². The number of aliphatic hydroxyl groups excluding tert-OH is 1. The number of nitrogens with two attached hydrogens (primary N) is 1. The van der Waals surface area contributed by atoms with Gasteiger partial charge in [-0.05, 0) is 20.8 Å². The summed E-state index contributed by atoms with van der Waals surface area (Å²) in [6.07, 6.45) is 4.75. The van der Waals surface area contributed by atoms with Crippen molar-refractivity contribution in [2.24, 2.45) is 5.41 Å². The number of hydrogen-bond acceptors (Lipinski definition) is 8. The number of carbonyl (C=O) groups excluding carboxylic acids is 1. The van der Waals surface area contributed by atoms with Gasteiger partial charge in [0.2, 0.25) is 0 Å². The number of fused-ring (bicyclic) bond motifs is 1. The first-order chi connectivity index (χ1) is 12.6. The van der Waals surface area contributed by atoms with Gasteiger partial charge in [-0.25, -0.2) is 4.98 Å². The van der Waals surface area contributed by atoms with Crippen molar-refractivity contribution in [2.75, 3.05) is 19.5 Å². The van der Waals surface area contributed by atoms with Gasteiger partial charge in [-0.3, -0.25) is 4.79 Å². The molecule has 0 aliphatic carbocycles. The molecule has 0 bridgehead atoms. The molecule has 27 heavy (non-hydrogen) atoms. The highest BCUT2D eigenvalue weighted by Crippen LogP contribution is 2.26. The van der Waals surface area contributed by atoms with E-state index in [-0.39, 0.29) is 23.5 Å². The monoisotopic (exact) mass is 379 g/mol. The van der Waals surface area contributed by atoms with Gasteiger partial charge in [-0.2, -0.15) is 14.4 Å². The first-order valence-corrected chi connectivity index (χ1v) is 8.06. The van der Waals surface area contributed by atoms with Gasteiger partial charge in [0, 0.05) is 7.11 Å². The molecule has 0 fully saturated rings. The predicted octanol–water partition coefficient (Wildman–Crippen LogP) is 0.516. The number of carbonyl (C=O) groups is 1. The molecule has 2 heterocycles. The van der Waals surface area contributed by atoms with Crippen LogP contribution in [0.1, 0.15) is 20.8 Å². The maximum atomic E-state index is 13.6. The lowest BCUT2D eigenvalue weighted by Gasteiger charge is -2.34. The molecule has 2 aromatic heterocycles. The first kappa shape index (κ1) is 20.5. The van der Waals surface area contributed by atoms with Crippen LogP contribution in [0.3, 0.4) is 0 Å². The quantitative estimate of drug-likeness (QED) is 0.423. The van der Waals surface area contributed by atoms with E-state index in [1.807, 2.05) is 0 Å². The standard InChI is InChI=1S/C17H22FN5O4/c1-6-17(8-24,26-5)10(27-14(25)16(2,3)4)7-23-9-20-11-12(19)21-15(18)22-13(11)23/h1,9-10,24H,7-8H2,2-5H3,(H2,19,21,22)/t10-,17?/m0/s1. The summed E-state index contributed by atoms with van der Waals surface area (Å²) in [5, 5.41) is 9.80. The van der Waals surface area contributed by atoms with Gasteiger partial charge in [0.15, 0.2) is 23.2 Å². The third kappa shape index (κ3) is 3.99. The fourth-order valence-corrected chi connectivity index (χ4v) is 2.33. The Kier molecular flexibility index (Phi) is 5.67. The van der Waals surface area contributed by atoms with Crippen LogP contribution in [0, 0.1) is 23.8 Å². The van der Waals surface area contributed by atoms with E-state index in [4.69, 9.17) is 21.6 Å². The van der Waals surface area contributed by atoms with E-state index in [1.165, 1.54) is 18.0 Å². The number of methoxy groups -OCH3 is 1. The highest BCUT2D eigenvalue weighted by molar-refractivity contribution is 5.81. The van der Waals surface area contributed by atoms with Gasteiger partial charge < -0.3 is 24.9 Å². The van der Waals surface area contributed by atoms with Crippen LogP contribution in [0.2, 0.25) is 0 Å². The Bertz CT molecular complexity index is 880. The highest BCUT2D eigenvalue weighted by Gasteiger charge is 2.42. The number of rotatable bonds is 6. The lowest BCUT2D eigenvalue weighted by Crippen LogP contribution is -2.51. The SMILES string of the molecule is C#CC(CO)(OC)[C@H](Cn1cnc2c(N)nc(F)nc21)OC(=O)C(C)(C)C. The third-order valence-corrected chi connectivity index (χ3v) is 4.05. The predicted molar refractivity (Wildman–Crippen MR) is 94.7 cm³/mol. The van der Waals surface area contributed by atoms with Crippen molar-refractivity contribution in [1.29, 1.82) is 0 Å². The average molecular weight is 379 g/mol. The van der Waals surface area contributed by atoms with E-state index < -0.39 is 35.8 Å². The Morgan fingerprint density at radius 1 is 1.48 bits per heavy atom. The summed E-state index contributed by atoms with van der Waals surface area (Å²) in [5.41, 5.74) is 3.50. The molecule has 0 aliphatic rings. The van der Waals surface area contributed by atoms with Gasteiger partial charge >= 0.3 is 12.0 Å². The van der Waals surface area contributed by atoms with E-state index in [2.05, 4.69) is 20.9 Å². The summed E-state index contributed by atoms with van der Waals surface area (Å²) >= 11 is 0. The Hall–Kier alpha value is -2.77. The molecule has 0 amide bonds. The number of nitrogen functional groups attached to an aromatic ring is 1. The molecule has 0 saturated heterocycles. The van der Waals surface area contributed by atoms with E-state index >= 15 is 0 Å². The Morgan fingerprint density at radius 3 is 2.67 bits per heavy atom. The number of aliphatic hydroxyl groups is 1. The molecule has 3 N–H and O–H groups in total. The molecule has 1 unspecified atom stereocenters. The van der Waals surface area contributed by atoms with Crippen LogP contribution in [-0.2, 0) is 20.8 Å². The van der Waals surface area contributed by atoms with Crippen LogP contribution < -0.4 is 5.73 Å². The molecule has 0 spiro atoms. The smallest absolute Gasteiger partial charge is 0.312 e. The third-order valence-electron chi connectivity index (χ3n) is 4.05. The van der Waals surface area contributed by atoms with Crippen molar-refractivity contribution >= 4 is 23.0 Å². The molecular weight excluding hydrogens is 357 g/mol. The Labute approximate surface area is 155 Å². The maximum absolute atomic E-state index is 13.6. The van der Waals surface area contributed by atoms with Crippen molar-refractivity contribution in [3.05, 3.63) is 12.4 Å². The number of terminal acetylenes is 1. The van der Waals surface area contributed by atoms with E-state index in [0.29, 0.717) is 0 Å². The Balaban J connectivity index is 2.49. The molecule has 146 valence electrons. The first-order valence-electron chi connectivity index (χ1n) is 8.06. The minimum atomic E-state index is -1.62. The molecule has 0 saturated carbocycles. The number of halogens is 1. The lowest BCUT2D eigenvalue weighted by molar-refractivity contribution is -0.176. The van der Waals surface area contributed by atoms with E-state index in [9.17, 15) is 14.3 Å². The number of ether oxygens (including phenoxy) is 2. The fourth-order valence-electron chi connectivity index (χ4n) is 2.33. The minimum absolute atomic E-state index is 0.0942. The molecule has 0 aliphatic heterocycles. The van der Waals surface area contributed by atoms with Crippen LogP contribution in [0.25, 0.3) is 11.2 Å². The fraction of sp³-hybridized carbons (Fsp3) is 0.529. The molecule has 10 heteroatoms. The molecule has 2 rings (SSSR count). The van der Waals surface area contributed by atoms with Crippen LogP contribution in [-0.4, -0.2) is 56.0 Å². The van der Waals surface area contributed by atoms with Crippen LogP contribution >= 0.6 is 0 Å². The van der Waals surface area contributed by atoms with E-state index in [1.54, 1.807) is 20.8 Å². The zero-order chi connectivity index (χ0) is 20.4. The second kappa shape index (κ2) is 7.46. The zero-order valence-electron chi connectivity index (χ0n) is 15.6. The number of aromatic nitrogens is 4. The number of esters is 1. The van der Waals surface area contributed by atoms with Crippen LogP contribution in [0.5, 0.6) is 0 Å². The molecule has 2 atom stereocenters. The highest BCUT2D eigenvalue weighted by atomic mass is 19.1. The number of imidazole rings is 1. The molecule has 0 aromatic carbocycles. The summed E-state index contributed by atoms with van der Waals surface area (Å²) in [6, 6.07) is 0. The summed E-state index contributed by atoms with van der Waals surface area (Å²) in [5.74, 6) is 1.66. The van der Waals surface area contributed by atoms with Gasteiger partial charge in [0.25, 0.3) is 0 Å². The molecule has 0 radical (unpaired) electrons. The minimum Gasteiger partial charge on any atom is -0.456 e. The van der Waals surface area contributed by atoms with Crippen molar-refractivity contribution in [3.63, 3.8) is 0 Å². The summed E-state index contributed by atoms with van der Waals surface area (Å²) < 4.78 is 25.8. The lowest BCUT2D eigenvalue weighted by atomic mass is 9.95. The van der Waals surface area contributed by atoms with Gasteiger partial charge in [-0.15, -0.1) is 6.42 Å². The van der Waals surface area contributed by atoms with Crippen molar-refractivity contribution in [3.8, 4) is 12.3 Å². The second-order valence-electron chi connectivity index (χ2n) is 6.99. The number of anilines is 1. The van der Waals surface area contributed by atoms with Crippen molar-refractivity contribution < 1.29 is 23.8 Å². The Morgan fingerprint density at radius 2 is 2.15 bits per heavy atom. The van der Waals surface area contributed by atoms with Crippen molar-refractivity contribution in [1.82, 2.24) is 19.5 Å². The van der Waals surface area contributed by atoms with Gasteiger partial charge in [0.1, 0.15) is 5.52 Å². The van der Waals surface area contributed by atoms with Crippen LogP contribution in [0.15, 0.2) is 6.33 Å². The van der Waals surface area contributed by atoms with Gasteiger partial charge in [0.05, 0.1) is 24.9 Å². The largest absolute Gasteiger partial charge is 0.456 e. The molecule has 9 nitrogen and oxygen atoms in total. The number of nitrogens with zero attached hydrogens (tertiary/aromatic N) is 4. The average Bonchev–Trinajstić information content (AvgIpc) is 2.99.